The van der Waals surface area contributed by atoms with Crippen LogP contribution < -0.4 is 14.9 Å². The van der Waals surface area contributed by atoms with Gasteiger partial charge in [-0.2, -0.15) is 17.9 Å². The van der Waals surface area contributed by atoms with E-state index < -0.39 is 56.8 Å². The summed E-state index contributed by atoms with van der Waals surface area (Å²) in [5.41, 5.74) is -1.72. The fourth-order valence-corrected chi connectivity index (χ4v) is 5.03. The molecule has 0 amide bonds. The Balaban J connectivity index is 1.74. The summed E-state index contributed by atoms with van der Waals surface area (Å²) in [5, 5.41) is 8.94. The third-order valence-electron chi connectivity index (χ3n) is 5.25. The van der Waals surface area contributed by atoms with E-state index in [1.165, 1.54) is 18.2 Å². The molecule has 2 aromatic carbocycles. The maximum Gasteiger partial charge on any atom is 0.416 e. The van der Waals surface area contributed by atoms with Gasteiger partial charge in [-0.1, -0.05) is 17.7 Å². The second-order valence-electron chi connectivity index (χ2n) is 7.86. The highest BCUT2D eigenvalue weighted by molar-refractivity contribution is 7.90. The van der Waals surface area contributed by atoms with Crippen LogP contribution in [0, 0.1) is 0 Å². The van der Waals surface area contributed by atoms with Gasteiger partial charge in [0.2, 0.25) is 10.0 Å². The van der Waals surface area contributed by atoms with Crippen LogP contribution in [0.5, 0.6) is 5.75 Å². The number of aliphatic carboxylic acids is 1. The number of rotatable bonds is 8. The zero-order valence-corrected chi connectivity index (χ0v) is 19.2. The van der Waals surface area contributed by atoms with Crippen LogP contribution in [0.25, 0.3) is 22.3 Å². The number of alkyl halides is 3. The van der Waals surface area contributed by atoms with E-state index in [2.05, 4.69) is 0 Å². The lowest BCUT2D eigenvalue weighted by Gasteiger charge is -2.18. The van der Waals surface area contributed by atoms with Crippen LogP contribution in [0.2, 0.25) is 5.02 Å². The fraction of sp³-hybridized carbons (Fsp3) is 0.273. The molecule has 1 aliphatic rings. The van der Waals surface area contributed by atoms with Gasteiger partial charge in [0, 0.05) is 6.07 Å². The molecule has 1 aromatic heterocycles. The number of carboxylic acid groups (broad SMARTS) is 1. The summed E-state index contributed by atoms with van der Waals surface area (Å²) in [6.45, 7) is -0.825. The van der Waals surface area contributed by atoms with E-state index in [0.717, 1.165) is 18.2 Å². The highest BCUT2D eigenvalue weighted by Gasteiger charge is 2.39. The van der Waals surface area contributed by atoms with Crippen LogP contribution in [0.4, 0.5) is 13.2 Å². The average molecular weight is 532 g/mol. The molecule has 3 aromatic rings. The summed E-state index contributed by atoms with van der Waals surface area (Å²) in [6, 6.07) is 6.09. The third-order valence-corrected chi connectivity index (χ3v) is 7.51. The fourth-order valence-electron chi connectivity index (χ4n) is 3.30. The van der Waals surface area contributed by atoms with E-state index in [9.17, 15) is 36.3 Å². The standard InChI is InChI=1S/C22H17ClF3NO7S/c23-15-3-1-2-13-17(28)9-19(34-20(13)15)14-7-4-11(22(24,25)26)8-18(14)33-10-16(21(29)30)27-35(31,32)12-5-6-12/h1-4,7-9,12,16,27H,5-6,10H2,(H,29,30). The van der Waals surface area contributed by atoms with Crippen LogP contribution in [0.1, 0.15) is 18.4 Å². The smallest absolute Gasteiger partial charge is 0.416 e. The van der Waals surface area contributed by atoms with Crippen LogP contribution in [0.3, 0.4) is 0 Å². The van der Waals surface area contributed by atoms with E-state index in [4.69, 9.17) is 20.8 Å². The molecule has 186 valence electrons. The summed E-state index contributed by atoms with van der Waals surface area (Å²) in [5.74, 6) is -2.22. The SMILES string of the molecule is O=C(O)C(COc1cc(C(F)(F)F)ccc1-c1cc(=O)c2cccc(Cl)c2o1)NS(=O)(=O)C1CC1. The van der Waals surface area contributed by atoms with Crippen molar-refractivity contribution in [2.45, 2.75) is 30.3 Å². The first-order valence-electron chi connectivity index (χ1n) is 10.2. The number of carbonyl (C=O) groups is 1. The Hall–Kier alpha value is -3.09. The zero-order valence-electron chi connectivity index (χ0n) is 17.6. The molecular formula is C22H17ClF3NO7S. The number of fused-ring (bicyclic) bond motifs is 1. The van der Waals surface area contributed by atoms with Crippen molar-refractivity contribution in [1.29, 1.82) is 0 Å². The Labute approximate surface area is 201 Å². The molecule has 0 aliphatic heterocycles. The van der Waals surface area contributed by atoms with Crippen molar-refractivity contribution < 1.29 is 40.6 Å². The minimum absolute atomic E-state index is 0.00289. The summed E-state index contributed by atoms with van der Waals surface area (Å²) < 4.78 is 77.4. The molecule has 8 nitrogen and oxygen atoms in total. The van der Waals surface area contributed by atoms with Crippen molar-refractivity contribution in [3.8, 4) is 17.1 Å². The molecule has 1 fully saturated rings. The number of benzene rings is 2. The van der Waals surface area contributed by atoms with Gasteiger partial charge in [0.05, 0.1) is 26.8 Å². The number of para-hydroxylation sites is 1. The van der Waals surface area contributed by atoms with E-state index in [1.54, 1.807) is 0 Å². The molecule has 1 atom stereocenters. The van der Waals surface area contributed by atoms with Crippen molar-refractivity contribution in [1.82, 2.24) is 4.72 Å². The molecule has 2 N–H and O–H groups in total. The lowest BCUT2D eigenvalue weighted by Crippen LogP contribution is -2.46. The van der Waals surface area contributed by atoms with Gasteiger partial charge in [0.25, 0.3) is 0 Å². The molecule has 4 rings (SSSR count). The molecule has 1 unspecified atom stereocenters. The first-order chi connectivity index (χ1) is 16.4. The summed E-state index contributed by atoms with van der Waals surface area (Å²) in [6.07, 6.45) is -4.00. The van der Waals surface area contributed by atoms with Gasteiger partial charge < -0.3 is 14.3 Å². The number of sulfonamides is 1. The number of hydrogen-bond acceptors (Lipinski definition) is 6. The number of halogens is 4. The van der Waals surface area contributed by atoms with Gasteiger partial charge in [-0.3, -0.25) is 9.59 Å². The maximum atomic E-state index is 13.3. The topological polar surface area (TPSA) is 123 Å². The largest absolute Gasteiger partial charge is 0.491 e. The molecule has 0 bridgehead atoms. The van der Waals surface area contributed by atoms with E-state index >= 15 is 0 Å². The van der Waals surface area contributed by atoms with Gasteiger partial charge in [0.15, 0.2) is 17.1 Å². The second-order valence-corrected chi connectivity index (χ2v) is 10.3. The molecule has 13 heteroatoms. The zero-order chi connectivity index (χ0) is 25.5. The number of ether oxygens (including phenoxy) is 1. The van der Waals surface area contributed by atoms with Gasteiger partial charge >= 0.3 is 12.1 Å². The Kier molecular flexibility index (Phi) is 6.56. The lowest BCUT2D eigenvalue weighted by atomic mass is 10.1. The molecule has 1 aliphatic carbocycles. The monoisotopic (exact) mass is 531 g/mol. The third kappa shape index (κ3) is 5.44. The first kappa shape index (κ1) is 25.0. The van der Waals surface area contributed by atoms with Gasteiger partial charge in [0.1, 0.15) is 18.1 Å². The molecule has 1 heterocycles. The van der Waals surface area contributed by atoms with Crippen LogP contribution in [0.15, 0.2) is 51.7 Å². The van der Waals surface area contributed by atoms with E-state index in [1.807, 2.05) is 4.72 Å². The normalized spacial score (nSPS) is 15.2. The van der Waals surface area contributed by atoms with E-state index in [-0.39, 0.29) is 27.3 Å². The molecule has 35 heavy (non-hydrogen) atoms. The molecule has 0 radical (unpaired) electrons. The molecule has 0 spiro atoms. The predicted molar refractivity (Wildman–Crippen MR) is 120 cm³/mol. The van der Waals surface area contributed by atoms with Crippen molar-refractivity contribution in [3.63, 3.8) is 0 Å². The van der Waals surface area contributed by atoms with Crippen molar-refractivity contribution in [2.24, 2.45) is 0 Å². The summed E-state index contributed by atoms with van der Waals surface area (Å²) in [7, 11) is -3.93. The summed E-state index contributed by atoms with van der Waals surface area (Å²) in [4.78, 5) is 24.1. The molecular weight excluding hydrogens is 515 g/mol. The average Bonchev–Trinajstić information content (AvgIpc) is 3.62. The van der Waals surface area contributed by atoms with Gasteiger partial charge in [-0.15, -0.1) is 0 Å². The minimum atomic E-state index is -4.76. The van der Waals surface area contributed by atoms with Crippen molar-refractivity contribution >= 4 is 38.6 Å². The quantitative estimate of drug-likeness (QED) is 0.449. The predicted octanol–water partition coefficient (Wildman–Crippen LogP) is 4.05. The Morgan fingerprint density at radius 1 is 1.23 bits per heavy atom. The number of nitrogens with one attached hydrogen (secondary N) is 1. The van der Waals surface area contributed by atoms with Gasteiger partial charge in [-0.05, 0) is 43.2 Å². The van der Waals surface area contributed by atoms with Crippen LogP contribution in [-0.2, 0) is 21.0 Å². The Morgan fingerprint density at radius 2 is 1.94 bits per heavy atom. The maximum absolute atomic E-state index is 13.3. The molecule has 1 saturated carbocycles. The Morgan fingerprint density at radius 3 is 2.57 bits per heavy atom. The van der Waals surface area contributed by atoms with Crippen molar-refractivity contribution in [2.75, 3.05) is 6.61 Å². The van der Waals surface area contributed by atoms with Crippen LogP contribution in [-0.4, -0.2) is 37.4 Å². The highest BCUT2D eigenvalue weighted by Crippen LogP contribution is 2.38. The minimum Gasteiger partial charge on any atom is -0.491 e. The Bertz CT molecular complexity index is 1470. The number of hydrogen-bond donors (Lipinski definition) is 2. The molecule has 0 saturated heterocycles. The number of carboxylic acids is 1. The van der Waals surface area contributed by atoms with Crippen LogP contribution >= 0.6 is 11.6 Å². The lowest BCUT2D eigenvalue weighted by molar-refractivity contribution is -0.140. The second kappa shape index (κ2) is 9.17. The highest BCUT2D eigenvalue weighted by atomic mass is 35.5. The van der Waals surface area contributed by atoms with E-state index in [0.29, 0.717) is 18.9 Å². The summed E-state index contributed by atoms with van der Waals surface area (Å²) >= 11 is 6.10. The first-order valence-corrected chi connectivity index (χ1v) is 12.1. The van der Waals surface area contributed by atoms with Crippen molar-refractivity contribution in [3.05, 3.63) is 63.3 Å². The van der Waals surface area contributed by atoms with Gasteiger partial charge in [-0.25, -0.2) is 8.42 Å².